The molecule has 4 aromatic rings. The molecule has 3 aromatic carbocycles. The van der Waals surface area contributed by atoms with E-state index in [0.29, 0.717) is 39.8 Å². The summed E-state index contributed by atoms with van der Waals surface area (Å²) in [4.78, 5) is 4.59. The lowest BCUT2D eigenvalue weighted by molar-refractivity contribution is 0.260. The second kappa shape index (κ2) is 11.1. The van der Waals surface area contributed by atoms with Crippen molar-refractivity contribution in [3.8, 4) is 6.07 Å². The van der Waals surface area contributed by atoms with E-state index in [1.807, 2.05) is 41.5 Å². The molecule has 41 heavy (non-hydrogen) atoms. The van der Waals surface area contributed by atoms with Gasteiger partial charge in [-0.1, -0.05) is 49.4 Å². The molecule has 2 radical (unpaired) electrons. The zero-order valence-corrected chi connectivity index (χ0v) is 24.0. The van der Waals surface area contributed by atoms with E-state index >= 15 is 0 Å². The van der Waals surface area contributed by atoms with Crippen LogP contribution in [0.5, 0.6) is 0 Å². The molecule has 10 heteroatoms. The first-order valence-corrected chi connectivity index (χ1v) is 14.4. The molecule has 4 N–H and O–H groups in total. The molecule has 2 atom stereocenters. The highest BCUT2D eigenvalue weighted by Gasteiger charge is 2.37. The minimum Gasteiger partial charge on any atom is -0.378 e. The summed E-state index contributed by atoms with van der Waals surface area (Å²) in [7, 11) is 7.13. The fraction of sp³-hybridized carbons (Fsp3) is 0.226. The lowest BCUT2D eigenvalue weighted by atomic mass is 9.69. The van der Waals surface area contributed by atoms with E-state index in [0.717, 1.165) is 34.7 Å². The molecule has 1 aliphatic heterocycles. The number of anilines is 2. The summed E-state index contributed by atoms with van der Waals surface area (Å²) in [6.07, 6.45) is 6.57. The number of aromatic nitrogens is 1. The maximum atomic E-state index is 13.9. The van der Waals surface area contributed by atoms with Gasteiger partial charge in [-0.05, 0) is 70.6 Å². The van der Waals surface area contributed by atoms with Crippen molar-refractivity contribution < 1.29 is 4.39 Å². The smallest absolute Gasteiger partial charge is 0.123 e. The van der Waals surface area contributed by atoms with Crippen molar-refractivity contribution in [1.82, 2.24) is 21.0 Å². The maximum Gasteiger partial charge on any atom is 0.123 e. The van der Waals surface area contributed by atoms with Gasteiger partial charge in [0.1, 0.15) is 19.7 Å². The number of hydrogen-bond donors (Lipinski definition) is 4. The Morgan fingerprint density at radius 3 is 2.63 bits per heavy atom. The number of hydrazine groups is 2. The van der Waals surface area contributed by atoms with Crippen LogP contribution in [0.2, 0.25) is 0 Å². The van der Waals surface area contributed by atoms with Gasteiger partial charge in [0.25, 0.3) is 0 Å². The van der Waals surface area contributed by atoms with Gasteiger partial charge in [-0.15, -0.1) is 5.53 Å². The van der Waals surface area contributed by atoms with Gasteiger partial charge in [-0.3, -0.25) is 9.99 Å². The fourth-order valence-corrected chi connectivity index (χ4v) is 5.73. The van der Waals surface area contributed by atoms with Crippen LogP contribution in [-0.4, -0.2) is 23.9 Å². The Kier molecular flexibility index (Phi) is 7.32. The molecule has 7 nitrogen and oxygen atoms in total. The summed E-state index contributed by atoms with van der Waals surface area (Å²) in [5.74, 6) is -0.342. The lowest BCUT2D eigenvalue weighted by Gasteiger charge is -2.34. The summed E-state index contributed by atoms with van der Waals surface area (Å²) in [6.45, 7) is 2.11. The molecule has 1 fully saturated rings. The monoisotopic (exact) mass is 607 g/mol. The second-order valence-electron chi connectivity index (χ2n) is 10.4. The van der Waals surface area contributed by atoms with Crippen molar-refractivity contribution in [3.05, 3.63) is 112 Å². The molecule has 2 heterocycles. The summed E-state index contributed by atoms with van der Waals surface area (Å²) in [5, 5.41) is 19.9. The van der Waals surface area contributed by atoms with Crippen LogP contribution in [0.4, 0.5) is 15.8 Å². The minimum atomic E-state index is -1.23. The molecule has 1 unspecified atom stereocenters. The van der Waals surface area contributed by atoms with Crippen molar-refractivity contribution in [2.45, 2.75) is 43.7 Å². The molecule has 1 saturated carbocycles. The zero-order chi connectivity index (χ0) is 28.6. The predicted molar refractivity (Wildman–Crippen MR) is 164 cm³/mol. The van der Waals surface area contributed by atoms with Gasteiger partial charge in [0.2, 0.25) is 0 Å². The van der Waals surface area contributed by atoms with Gasteiger partial charge in [0.05, 0.1) is 33.9 Å². The third-order valence-corrected chi connectivity index (χ3v) is 8.17. The number of hydrogen-bond acceptors (Lipinski definition) is 7. The lowest BCUT2D eigenvalue weighted by Crippen LogP contribution is -2.45. The van der Waals surface area contributed by atoms with Crippen LogP contribution in [0.3, 0.4) is 0 Å². The number of rotatable bonds is 9. The van der Waals surface area contributed by atoms with Crippen LogP contribution < -0.4 is 21.6 Å². The largest absolute Gasteiger partial charge is 0.378 e. The topological polar surface area (TPSA) is 88.0 Å². The van der Waals surface area contributed by atoms with Crippen molar-refractivity contribution in [1.29, 1.82) is 5.26 Å². The molecule has 204 valence electrons. The van der Waals surface area contributed by atoms with E-state index < -0.39 is 5.44 Å². The fourth-order valence-electron chi connectivity index (χ4n) is 5.17. The normalized spacial score (nSPS) is 16.8. The third-order valence-electron chi connectivity index (χ3n) is 7.57. The van der Waals surface area contributed by atoms with Crippen LogP contribution >= 0.6 is 15.9 Å². The number of halogens is 2. The second-order valence-corrected chi connectivity index (χ2v) is 11.2. The number of fused-ring (bicyclic) bond motifs is 1. The van der Waals surface area contributed by atoms with Crippen LogP contribution in [0.1, 0.15) is 48.9 Å². The highest BCUT2D eigenvalue weighted by atomic mass is 79.9. The Hall–Kier alpha value is -4.07. The molecule has 0 bridgehead atoms. The Bertz CT molecular complexity index is 1650. The van der Waals surface area contributed by atoms with E-state index in [-0.39, 0.29) is 11.9 Å². The molecule has 2 aliphatic rings. The Labute approximate surface area is 248 Å². The third kappa shape index (κ3) is 5.35. The van der Waals surface area contributed by atoms with Gasteiger partial charge < -0.3 is 16.1 Å². The predicted octanol–water partition coefficient (Wildman–Crippen LogP) is 6.33. The van der Waals surface area contributed by atoms with Crippen LogP contribution in [0, 0.1) is 17.1 Å². The highest BCUT2D eigenvalue weighted by Crippen LogP contribution is 2.39. The highest BCUT2D eigenvalue weighted by molar-refractivity contribution is 9.10. The summed E-state index contributed by atoms with van der Waals surface area (Å²) in [6, 6.07) is 22.9. The van der Waals surface area contributed by atoms with E-state index in [1.54, 1.807) is 18.3 Å². The van der Waals surface area contributed by atoms with Gasteiger partial charge >= 0.3 is 0 Å². The van der Waals surface area contributed by atoms with E-state index in [9.17, 15) is 9.65 Å². The summed E-state index contributed by atoms with van der Waals surface area (Å²) in [5.41, 5.74) is 10.2. The van der Waals surface area contributed by atoms with Crippen molar-refractivity contribution in [3.63, 3.8) is 0 Å². The molecule has 0 spiro atoms. The molecule has 1 aliphatic carbocycles. The van der Waals surface area contributed by atoms with E-state index in [2.05, 4.69) is 67.6 Å². The Morgan fingerprint density at radius 2 is 1.95 bits per heavy atom. The first kappa shape index (κ1) is 27.1. The van der Waals surface area contributed by atoms with Gasteiger partial charge in [0.15, 0.2) is 0 Å². The average Bonchev–Trinajstić information content (AvgIpc) is 3.72. The number of pyridine rings is 1. The van der Waals surface area contributed by atoms with E-state index in [1.165, 1.54) is 12.1 Å². The molecular formula is C31H28BBrFN7. The van der Waals surface area contributed by atoms with E-state index in [4.69, 9.17) is 7.85 Å². The Balaban J connectivity index is 1.44. The summed E-state index contributed by atoms with van der Waals surface area (Å²) < 4.78 is 14.6. The van der Waals surface area contributed by atoms with Crippen LogP contribution in [0.25, 0.3) is 10.9 Å². The van der Waals surface area contributed by atoms with Crippen LogP contribution in [-0.2, 0) is 5.44 Å². The minimum absolute atomic E-state index is 0.00979. The Morgan fingerprint density at radius 1 is 1.20 bits per heavy atom. The van der Waals surface area contributed by atoms with Crippen molar-refractivity contribution in [2.24, 2.45) is 0 Å². The number of benzene rings is 3. The molecule has 0 saturated heterocycles. The number of nitrogens with one attached hydrogen (secondary N) is 4. The first-order valence-electron chi connectivity index (χ1n) is 13.6. The quantitative estimate of drug-likeness (QED) is 0.165. The standard InChI is InChI=1S/C31H28BBrFN7/c1-2-27(19-6-4-3-5-7-19)37-29-20(16-35)17-36-30-25(29)14-23(15-26(30)33)38-31(32,21-8-10-22(34)11-9-21)28-18-41(40-39-28)24-12-13-24/h3-11,14-15,17-18,24,27,38-40H,2,12-13H2,1H3,(H,36,37)/t27-,31?/m1/s1. The summed E-state index contributed by atoms with van der Waals surface area (Å²) >= 11 is 3.70. The van der Waals surface area contributed by atoms with Crippen LogP contribution in [0.15, 0.2) is 89.3 Å². The maximum absolute atomic E-state index is 13.9. The molecule has 1 aromatic heterocycles. The number of nitriles is 1. The van der Waals surface area contributed by atoms with Crippen molar-refractivity contribution >= 4 is 46.1 Å². The molecule has 6 rings (SSSR count). The number of nitrogens with zero attached hydrogens (tertiary/aromatic N) is 3. The first-order chi connectivity index (χ1) is 19.9. The molecular weight excluding hydrogens is 580 g/mol. The SMILES string of the molecule is [B]C(Nc1cc(Br)c2ncc(C#N)c(N[C@H](CC)c3ccccc3)c2c1)(C1=CN(C2CC2)NN1)c1ccc(F)cc1. The molecule has 0 amide bonds. The van der Waals surface area contributed by atoms with Crippen molar-refractivity contribution in [2.75, 3.05) is 10.6 Å². The van der Waals surface area contributed by atoms with Gasteiger partial charge in [-0.25, -0.2) is 4.39 Å². The van der Waals surface area contributed by atoms with Gasteiger partial charge in [0, 0.05) is 34.0 Å². The average molecular weight is 608 g/mol. The van der Waals surface area contributed by atoms with Gasteiger partial charge in [-0.2, -0.15) is 5.26 Å². The zero-order valence-electron chi connectivity index (χ0n) is 22.5.